The molecule has 1 aromatic rings. The van der Waals surface area contributed by atoms with Crippen LogP contribution in [0.15, 0.2) is 12.4 Å². The van der Waals surface area contributed by atoms with Gasteiger partial charge in [-0.1, -0.05) is 27.7 Å². The Labute approximate surface area is 129 Å². The lowest BCUT2D eigenvalue weighted by Gasteiger charge is -2.50. The van der Waals surface area contributed by atoms with E-state index in [2.05, 4.69) is 56.1 Å². The van der Waals surface area contributed by atoms with E-state index in [1.165, 1.54) is 18.4 Å². The third-order valence-corrected chi connectivity index (χ3v) is 5.29. The van der Waals surface area contributed by atoms with Gasteiger partial charge in [-0.2, -0.15) is 5.10 Å². The first kappa shape index (κ1) is 16.5. The molecular formula is C17H32N4. The fraction of sp³-hybridized carbons (Fsp3) is 0.824. The third kappa shape index (κ3) is 3.49. The molecule has 0 spiro atoms. The molecule has 4 nitrogen and oxygen atoms in total. The van der Waals surface area contributed by atoms with E-state index in [9.17, 15) is 0 Å². The Morgan fingerprint density at radius 2 is 2.05 bits per heavy atom. The molecule has 0 aromatic carbocycles. The number of aryl methyl sites for hydroxylation is 1. The second kappa shape index (κ2) is 6.93. The van der Waals surface area contributed by atoms with E-state index in [1.54, 1.807) is 0 Å². The van der Waals surface area contributed by atoms with Crippen LogP contribution >= 0.6 is 0 Å². The molecule has 1 N–H and O–H groups in total. The van der Waals surface area contributed by atoms with E-state index in [1.807, 2.05) is 10.9 Å². The molecule has 0 bridgehead atoms. The standard InChI is InChI=1S/C17H32N4/c1-6-17(7-2)13-18-16(14(4)5)12-20(17)10-15-9-19-21(8-3)11-15/h9,11,14,16,18H,6-8,10,12-13H2,1-5H3. The van der Waals surface area contributed by atoms with Gasteiger partial charge in [-0.05, 0) is 25.7 Å². The zero-order valence-corrected chi connectivity index (χ0v) is 14.4. The summed E-state index contributed by atoms with van der Waals surface area (Å²) < 4.78 is 2.02. The highest BCUT2D eigenvalue weighted by Crippen LogP contribution is 2.30. The van der Waals surface area contributed by atoms with Gasteiger partial charge in [0.1, 0.15) is 0 Å². The van der Waals surface area contributed by atoms with Gasteiger partial charge in [-0.25, -0.2) is 0 Å². The lowest BCUT2D eigenvalue weighted by molar-refractivity contribution is 0.0156. The van der Waals surface area contributed by atoms with E-state index < -0.39 is 0 Å². The Bertz CT molecular complexity index is 434. The fourth-order valence-electron chi connectivity index (χ4n) is 3.44. The van der Waals surface area contributed by atoms with Crippen LogP contribution in [-0.4, -0.2) is 39.4 Å². The van der Waals surface area contributed by atoms with Crippen LogP contribution in [0.5, 0.6) is 0 Å². The predicted molar refractivity (Wildman–Crippen MR) is 88.3 cm³/mol. The summed E-state index contributed by atoms with van der Waals surface area (Å²) in [5, 5.41) is 8.21. The molecule has 1 aliphatic rings. The Morgan fingerprint density at radius 1 is 1.33 bits per heavy atom. The van der Waals surface area contributed by atoms with Crippen molar-refractivity contribution in [2.45, 2.75) is 72.1 Å². The summed E-state index contributed by atoms with van der Waals surface area (Å²) in [4.78, 5) is 2.70. The summed E-state index contributed by atoms with van der Waals surface area (Å²) in [5.74, 6) is 0.678. The zero-order chi connectivity index (χ0) is 15.5. The second-order valence-corrected chi connectivity index (χ2v) is 6.75. The van der Waals surface area contributed by atoms with Crippen LogP contribution in [0.2, 0.25) is 0 Å². The number of aromatic nitrogens is 2. The van der Waals surface area contributed by atoms with Crippen molar-refractivity contribution in [1.29, 1.82) is 0 Å². The zero-order valence-electron chi connectivity index (χ0n) is 14.4. The van der Waals surface area contributed by atoms with Crippen LogP contribution in [0.4, 0.5) is 0 Å². The van der Waals surface area contributed by atoms with Crippen LogP contribution in [0.1, 0.15) is 53.0 Å². The number of hydrogen-bond donors (Lipinski definition) is 1. The van der Waals surface area contributed by atoms with Crippen molar-refractivity contribution in [1.82, 2.24) is 20.0 Å². The summed E-state index contributed by atoms with van der Waals surface area (Å²) in [6.45, 7) is 15.6. The summed E-state index contributed by atoms with van der Waals surface area (Å²) in [6.07, 6.45) is 6.63. The third-order valence-electron chi connectivity index (χ3n) is 5.29. The maximum atomic E-state index is 4.43. The second-order valence-electron chi connectivity index (χ2n) is 6.75. The highest BCUT2D eigenvalue weighted by molar-refractivity contribution is 5.07. The van der Waals surface area contributed by atoms with Crippen LogP contribution in [0, 0.1) is 5.92 Å². The van der Waals surface area contributed by atoms with Gasteiger partial charge >= 0.3 is 0 Å². The van der Waals surface area contributed by atoms with E-state index in [0.29, 0.717) is 17.5 Å². The maximum absolute atomic E-state index is 4.43. The first-order valence-electron chi connectivity index (χ1n) is 8.54. The minimum Gasteiger partial charge on any atom is -0.311 e. The number of rotatable bonds is 6. The predicted octanol–water partition coefficient (Wildman–Crippen LogP) is 2.89. The average Bonchev–Trinajstić information content (AvgIpc) is 2.95. The highest BCUT2D eigenvalue weighted by Gasteiger charge is 2.39. The molecule has 0 radical (unpaired) electrons. The molecular weight excluding hydrogens is 260 g/mol. The molecule has 120 valence electrons. The average molecular weight is 292 g/mol. The lowest BCUT2D eigenvalue weighted by atomic mass is 9.85. The van der Waals surface area contributed by atoms with Crippen molar-refractivity contribution >= 4 is 0 Å². The molecule has 0 amide bonds. The van der Waals surface area contributed by atoms with Gasteiger partial charge in [0.25, 0.3) is 0 Å². The smallest absolute Gasteiger partial charge is 0.0534 e. The quantitative estimate of drug-likeness (QED) is 0.875. The van der Waals surface area contributed by atoms with E-state index in [0.717, 1.165) is 26.2 Å². The molecule has 1 aliphatic heterocycles. The highest BCUT2D eigenvalue weighted by atomic mass is 15.3. The normalized spacial score (nSPS) is 22.9. The molecule has 21 heavy (non-hydrogen) atoms. The summed E-state index contributed by atoms with van der Waals surface area (Å²) in [6, 6.07) is 0.595. The van der Waals surface area contributed by atoms with Crippen molar-refractivity contribution < 1.29 is 0 Å². The monoisotopic (exact) mass is 292 g/mol. The Kier molecular flexibility index (Phi) is 5.44. The maximum Gasteiger partial charge on any atom is 0.0534 e. The Hall–Kier alpha value is -0.870. The minimum atomic E-state index is 0.291. The summed E-state index contributed by atoms with van der Waals surface area (Å²) >= 11 is 0. The first-order valence-corrected chi connectivity index (χ1v) is 8.54. The van der Waals surface area contributed by atoms with E-state index >= 15 is 0 Å². The molecule has 1 unspecified atom stereocenters. The van der Waals surface area contributed by atoms with Crippen molar-refractivity contribution in [3.8, 4) is 0 Å². The van der Waals surface area contributed by atoms with Gasteiger partial charge in [0.2, 0.25) is 0 Å². The van der Waals surface area contributed by atoms with E-state index in [-0.39, 0.29) is 0 Å². The van der Waals surface area contributed by atoms with Crippen LogP contribution < -0.4 is 5.32 Å². The molecule has 4 heteroatoms. The van der Waals surface area contributed by atoms with Crippen molar-refractivity contribution in [3.05, 3.63) is 18.0 Å². The molecule has 0 saturated carbocycles. The summed E-state index contributed by atoms with van der Waals surface area (Å²) in [7, 11) is 0. The number of nitrogens with one attached hydrogen (secondary N) is 1. The number of nitrogens with zero attached hydrogens (tertiary/aromatic N) is 3. The Morgan fingerprint density at radius 3 is 2.57 bits per heavy atom. The van der Waals surface area contributed by atoms with Crippen LogP contribution in [0.3, 0.4) is 0 Å². The number of piperazine rings is 1. The van der Waals surface area contributed by atoms with Crippen molar-refractivity contribution in [2.24, 2.45) is 5.92 Å². The van der Waals surface area contributed by atoms with Gasteiger partial charge in [0.05, 0.1) is 6.20 Å². The van der Waals surface area contributed by atoms with Gasteiger partial charge in [-0.15, -0.1) is 0 Å². The Balaban J connectivity index is 2.16. The molecule has 2 heterocycles. The van der Waals surface area contributed by atoms with Crippen LogP contribution in [-0.2, 0) is 13.1 Å². The van der Waals surface area contributed by atoms with E-state index in [4.69, 9.17) is 0 Å². The largest absolute Gasteiger partial charge is 0.311 e. The van der Waals surface area contributed by atoms with Gasteiger partial charge < -0.3 is 5.32 Å². The molecule has 1 fully saturated rings. The van der Waals surface area contributed by atoms with Gasteiger partial charge in [-0.3, -0.25) is 9.58 Å². The summed E-state index contributed by atoms with van der Waals surface area (Å²) in [5.41, 5.74) is 1.63. The molecule has 1 aromatic heterocycles. The number of hydrogen-bond acceptors (Lipinski definition) is 3. The SMILES string of the molecule is CCn1cc(CN2CC(C(C)C)NCC2(CC)CC)cn1. The lowest BCUT2D eigenvalue weighted by Crippen LogP contribution is -2.64. The fourth-order valence-corrected chi connectivity index (χ4v) is 3.44. The van der Waals surface area contributed by atoms with Gasteiger partial charge in [0.15, 0.2) is 0 Å². The minimum absolute atomic E-state index is 0.291. The molecule has 2 rings (SSSR count). The topological polar surface area (TPSA) is 33.1 Å². The molecule has 1 saturated heterocycles. The first-order chi connectivity index (χ1) is 10.0. The van der Waals surface area contributed by atoms with Crippen LogP contribution in [0.25, 0.3) is 0 Å². The van der Waals surface area contributed by atoms with Crippen molar-refractivity contribution in [3.63, 3.8) is 0 Å². The molecule has 0 aliphatic carbocycles. The molecule has 1 atom stereocenters. The van der Waals surface area contributed by atoms with Gasteiger partial charge in [0, 0.05) is 49.5 Å². The van der Waals surface area contributed by atoms with Crippen molar-refractivity contribution in [2.75, 3.05) is 13.1 Å².